The van der Waals surface area contributed by atoms with E-state index in [0.29, 0.717) is 0 Å². The SMILES string of the molecule is NC1=Cc2c[pH]cc2CC1. The molecule has 0 radical (unpaired) electrons. The lowest BCUT2D eigenvalue weighted by Gasteiger charge is -2.08. The molecule has 1 heterocycles. The van der Waals surface area contributed by atoms with Crippen molar-refractivity contribution in [3.63, 3.8) is 0 Å². The number of aryl methyl sites for hydroxylation is 1. The van der Waals surface area contributed by atoms with Gasteiger partial charge in [-0.15, -0.1) is 8.19 Å². The van der Waals surface area contributed by atoms with E-state index in [0.717, 1.165) is 26.7 Å². The fourth-order valence-corrected chi connectivity index (χ4v) is 2.35. The van der Waals surface area contributed by atoms with E-state index < -0.39 is 0 Å². The smallest absolute Gasteiger partial charge is 0.00900 e. The van der Waals surface area contributed by atoms with E-state index in [2.05, 4.69) is 17.7 Å². The van der Waals surface area contributed by atoms with E-state index in [4.69, 9.17) is 5.73 Å². The number of allylic oxidation sites excluding steroid dienone is 1. The van der Waals surface area contributed by atoms with Crippen LogP contribution in [0, 0.1) is 0 Å². The highest BCUT2D eigenvalue weighted by molar-refractivity contribution is 7.28. The Labute approximate surface area is 62.0 Å². The van der Waals surface area contributed by atoms with Gasteiger partial charge in [0.05, 0.1) is 0 Å². The van der Waals surface area contributed by atoms with Gasteiger partial charge in [-0.25, -0.2) is 0 Å². The third-order valence-electron chi connectivity index (χ3n) is 1.89. The van der Waals surface area contributed by atoms with Crippen molar-refractivity contribution >= 4 is 14.3 Å². The Bertz CT molecular complexity index is 273. The topological polar surface area (TPSA) is 26.0 Å². The Hall–Kier alpha value is -0.680. The summed E-state index contributed by atoms with van der Waals surface area (Å²) in [4.78, 5) is 0. The lowest BCUT2D eigenvalue weighted by molar-refractivity contribution is 0.920. The normalized spacial score (nSPS) is 17.0. The molecule has 0 aromatic carbocycles. The molecule has 2 N–H and O–H groups in total. The van der Waals surface area contributed by atoms with Crippen molar-refractivity contribution in [2.75, 3.05) is 0 Å². The highest BCUT2D eigenvalue weighted by Crippen LogP contribution is 2.26. The zero-order valence-electron chi connectivity index (χ0n) is 5.72. The van der Waals surface area contributed by atoms with Crippen LogP contribution in [0.3, 0.4) is 0 Å². The van der Waals surface area contributed by atoms with Crippen molar-refractivity contribution in [2.24, 2.45) is 5.73 Å². The zero-order valence-corrected chi connectivity index (χ0v) is 6.72. The van der Waals surface area contributed by atoms with Crippen LogP contribution >= 0.6 is 8.19 Å². The molecule has 1 aliphatic carbocycles. The molecule has 1 aliphatic rings. The van der Waals surface area contributed by atoms with Crippen LogP contribution in [0.15, 0.2) is 17.3 Å². The molecule has 1 unspecified atom stereocenters. The summed E-state index contributed by atoms with van der Waals surface area (Å²) >= 11 is 0. The van der Waals surface area contributed by atoms with Gasteiger partial charge in [-0.05, 0) is 41.6 Å². The summed E-state index contributed by atoms with van der Waals surface area (Å²) in [5, 5.41) is 0. The van der Waals surface area contributed by atoms with Gasteiger partial charge in [0.1, 0.15) is 0 Å². The van der Waals surface area contributed by atoms with E-state index in [1.165, 1.54) is 11.1 Å². The van der Waals surface area contributed by atoms with Gasteiger partial charge in [0, 0.05) is 5.70 Å². The first-order valence-electron chi connectivity index (χ1n) is 3.48. The first-order valence-corrected chi connectivity index (χ1v) is 4.63. The molecule has 1 atom stereocenters. The van der Waals surface area contributed by atoms with Crippen LogP contribution in [-0.4, -0.2) is 0 Å². The average molecular weight is 151 g/mol. The Balaban J connectivity index is 2.50. The van der Waals surface area contributed by atoms with Gasteiger partial charge in [0.15, 0.2) is 0 Å². The van der Waals surface area contributed by atoms with E-state index >= 15 is 0 Å². The van der Waals surface area contributed by atoms with Gasteiger partial charge in [0.2, 0.25) is 0 Å². The fraction of sp³-hybridized carbons (Fsp3) is 0.250. The third kappa shape index (κ3) is 0.871. The maximum Gasteiger partial charge on any atom is 0.00900 e. The molecule has 0 saturated carbocycles. The predicted octanol–water partition coefficient (Wildman–Crippen LogP) is 1.96. The highest BCUT2D eigenvalue weighted by Gasteiger charge is 2.06. The second-order valence-corrected chi connectivity index (χ2v) is 3.57. The van der Waals surface area contributed by atoms with Gasteiger partial charge < -0.3 is 5.73 Å². The number of hydrogen-bond acceptors (Lipinski definition) is 1. The van der Waals surface area contributed by atoms with E-state index in [1.807, 2.05) is 0 Å². The molecule has 0 fully saturated rings. The minimum atomic E-state index is 0.888. The molecule has 52 valence electrons. The van der Waals surface area contributed by atoms with Gasteiger partial charge in [0.25, 0.3) is 0 Å². The van der Waals surface area contributed by atoms with Crippen LogP contribution < -0.4 is 5.73 Å². The van der Waals surface area contributed by atoms with Gasteiger partial charge in [-0.2, -0.15) is 0 Å². The number of rotatable bonds is 0. The number of nitrogens with two attached hydrogens (primary N) is 1. The van der Waals surface area contributed by atoms with Crippen molar-refractivity contribution in [2.45, 2.75) is 12.8 Å². The van der Waals surface area contributed by atoms with Gasteiger partial charge in [-0.3, -0.25) is 0 Å². The first-order chi connectivity index (χ1) is 4.86. The maximum atomic E-state index is 5.69. The minimum absolute atomic E-state index is 0.888. The summed E-state index contributed by atoms with van der Waals surface area (Å²) in [5.74, 6) is 4.58. The predicted molar refractivity (Wildman–Crippen MR) is 46.4 cm³/mol. The lowest BCUT2D eigenvalue weighted by Crippen LogP contribution is -2.03. The largest absolute Gasteiger partial charge is 0.402 e. The molecule has 0 spiro atoms. The number of hydrogen-bond donors (Lipinski definition) is 1. The summed E-state index contributed by atoms with van der Waals surface area (Å²) in [6.07, 6.45) is 4.31. The molecule has 1 aromatic rings. The van der Waals surface area contributed by atoms with Crippen LogP contribution in [0.1, 0.15) is 17.5 Å². The second-order valence-electron chi connectivity index (χ2n) is 2.66. The minimum Gasteiger partial charge on any atom is -0.402 e. The van der Waals surface area contributed by atoms with Crippen LogP contribution in [-0.2, 0) is 6.42 Å². The summed E-state index contributed by atoms with van der Waals surface area (Å²) < 4.78 is 0. The molecule has 0 bridgehead atoms. The first kappa shape index (κ1) is 6.06. The molecule has 0 saturated heterocycles. The van der Waals surface area contributed by atoms with Crippen LogP contribution in [0.5, 0.6) is 0 Å². The summed E-state index contributed by atoms with van der Waals surface area (Å²) in [5.41, 5.74) is 9.61. The molecule has 2 heteroatoms. The van der Waals surface area contributed by atoms with Gasteiger partial charge in [-0.1, -0.05) is 0 Å². The Morgan fingerprint density at radius 3 is 3.10 bits per heavy atom. The Morgan fingerprint density at radius 2 is 2.20 bits per heavy atom. The van der Waals surface area contributed by atoms with Gasteiger partial charge >= 0.3 is 0 Å². The highest BCUT2D eigenvalue weighted by atomic mass is 31.0. The summed E-state index contributed by atoms with van der Waals surface area (Å²) in [6.45, 7) is 0. The summed E-state index contributed by atoms with van der Waals surface area (Å²) in [6, 6.07) is 0. The monoisotopic (exact) mass is 151 g/mol. The van der Waals surface area contributed by atoms with Crippen molar-refractivity contribution in [1.82, 2.24) is 0 Å². The van der Waals surface area contributed by atoms with Crippen LogP contribution in [0.2, 0.25) is 0 Å². The Kier molecular flexibility index (Phi) is 1.32. The molecule has 10 heavy (non-hydrogen) atoms. The standard InChI is InChI=1S/C8H10NP/c9-8-2-1-6-4-10-5-7(6)3-8/h3-5,10H,1-2,9H2. The molecule has 0 aliphatic heterocycles. The molecule has 1 nitrogen and oxygen atoms in total. The van der Waals surface area contributed by atoms with E-state index in [1.54, 1.807) is 0 Å². The molecular formula is C8H10NP. The maximum absolute atomic E-state index is 5.69. The van der Waals surface area contributed by atoms with Crippen molar-refractivity contribution in [3.8, 4) is 0 Å². The van der Waals surface area contributed by atoms with Crippen molar-refractivity contribution in [1.29, 1.82) is 0 Å². The number of fused-ring (bicyclic) bond motifs is 1. The van der Waals surface area contributed by atoms with Crippen LogP contribution in [0.25, 0.3) is 6.08 Å². The molecular weight excluding hydrogens is 141 g/mol. The Morgan fingerprint density at radius 1 is 1.30 bits per heavy atom. The summed E-state index contributed by atoms with van der Waals surface area (Å²) in [7, 11) is 0.888. The molecule has 2 rings (SSSR count). The quantitative estimate of drug-likeness (QED) is 0.602. The van der Waals surface area contributed by atoms with Crippen molar-refractivity contribution < 1.29 is 0 Å². The molecule has 0 amide bonds. The fourth-order valence-electron chi connectivity index (χ4n) is 1.31. The zero-order chi connectivity index (χ0) is 6.97. The lowest BCUT2D eigenvalue weighted by atomic mass is 10.0. The van der Waals surface area contributed by atoms with Crippen LogP contribution in [0.4, 0.5) is 0 Å². The third-order valence-corrected chi connectivity index (χ3v) is 2.88. The molecule has 1 aromatic heterocycles. The van der Waals surface area contributed by atoms with Crippen molar-refractivity contribution in [3.05, 3.63) is 28.4 Å². The second kappa shape index (κ2) is 2.17. The van der Waals surface area contributed by atoms with E-state index in [-0.39, 0.29) is 0 Å². The van der Waals surface area contributed by atoms with E-state index in [9.17, 15) is 0 Å². The average Bonchev–Trinajstić information content (AvgIpc) is 2.33.